The number of hydrogen-bond acceptors (Lipinski definition) is 4. The fraction of sp³-hybridized carbons (Fsp3) is 0.211. The fourth-order valence-corrected chi connectivity index (χ4v) is 2.49. The van der Waals surface area contributed by atoms with Crippen molar-refractivity contribution in [2.75, 3.05) is 12.4 Å². The predicted molar refractivity (Wildman–Crippen MR) is 104 cm³/mol. The molecule has 3 N–H and O–H groups in total. The van der Waals surface area contributed by atoms with Gasteiger partial charge in [0.25, 0.3) is 5.91 Å². The van der Waals surface area contributed by atoms with Gasteiger partial charge in [-0.25, -0.2) is 4.79 Å². The summed E-state index contributed by atoms with van der Waals surface area (Å²) in [4.78, 5) is 23.4. The number of thiocarbonyl (C=S) groups is 1. The minimum atomic E-state index is -1.07. The van der Waals surface area contributed by atoms with E-state index in [4.69, 9.17) is 22.1 Å². The first-order valence-corrected chi connectivity index (χ1v) is 8.36. The number of rotatable bonds is 5. The quantitative estimate of drug-likeness (QED) is 0.695. The molecule has 0 unspecified atom stereocenters. The second-order valence-electron chi connectivity index (χ2n) is 5.91. The lowest BCUT2D eigenvalue weighted by atomic mass is 10.0. The molecule has 2 aromatic rings. The smallest absolute Gasteiger partial charge is 0.335 e. The molecule has 2 rings (SSSR count). The van der Waals surface area contributed by atoms with Crippen LogP contribution >= 0.6 is 12.2 Å². The number of carbonyl (C=O) groups excluding carboxylic acids is 1. The molecule has 136 valence electrons. The summed E-state index contributed by atoms with van der Waals surface area (Å²) in [6.45, 7) is 4.15. The Morgan fingerprint density at radius 3 is 2.23 bits per heavy atom. The number of carboxylic acids is 1. The van der Waals surface area contributed by atoms with Crippen molar-refractivity contribution in [2.24, 2.45) is 0 Å². The van der Waals surface area contributed by atoms with E-state index < -0.39 is 5.97 Å². The summed E-state index contributed by atoms with van der Waals surface area (Å²) in [5.74, 6) is -0.640. The van der Waals surface area contributed by atoms with Crippen molar-refractivity contribution < 1.29 is 19.4 Å². The van der Waals surface area contributed by atoms with E-state index in [-0.39, 0.29) is 16.6 Å². The summed E-state index contributed by atoms with van der Waals surface area (Å²) in [7, 11) is 1.46. The summed E-state index contributed by atoms with van der Waals surface area (Å²) >= 11 is 5.15. The third kappa shape index (κ3) is 4.80. The molecule has 1 amide bonds. The Balaban J connectivity index is 2.09. The van der Waals surface area contributed by atoms with Crippen LogP contribution in [0.25, 0.3) is 0 Å². The molecule has 0 aromatic heterocycles. The zero-order valence-electron chi connectivity index (χ0n) is 14.7. The number of amides is 1. The number of ether oxygens (including phenoxy) is 1. The predicted octanol–water partition coefficient (Wildman–Crippen LogP) is 3.64. The zero-order valence-corrected chi connectivity index (χ0v) is 15.5. The molecule has 0 aliphatic heterocycles. The number of nitrogens with one attached hydrogen (secondary N) is 2. The highest BCUT2D eigenvalue weighted by atomic mass is 32.1. The Kier molecular flexibility index (Phi) is 6.30. The topological polar surface area (TPSA) is 87.7 Å². The third-order valence-corrected chi connectivity index (χ3v) is 3.97. The lowest BCUT2D eigenvalue weighted by Crippen LogP contribution is -2.34. The van der Waals surface area contributed by atoms with Crippen molar-refractivity contribution in [1.29, 1.82) is 0 Å². The van der Waals surface area contributed by atoms with E-state index >= 15 is 0 Å². The van der Waals surface area contributed by atoms with E-state index in [9.17, 15) is 9.59 Å². The molecule has 6 nitrogen and oxygen atoms in total. The van der Waals surface area contributed by atoms with Crippen molar-refractivity contribution in [1.82, 2.24) is 5.32 Å². The molecule has 0 fully saturated rings. The summed E-state index contributed by atoms with van der Waals surface area (Å²) in [6, 6.07) is 11.6. The molecule has 2 aromatic carbocycles. The molecular weight excluding hydrogens is 352 g/mol. The molecule has 0 radical (unpaired) electrons. The minimum Gasteiger partial charge on any atom is -0.495 e. The van der Waals surface area contributed by atoms with Crippen molar-refractivity contribution in [2.45, 2.75) is 19.8 Å². The molecular formula is C19H20N2O4S. The van der Waals surface area contributed by atoms with E-state index in [2.05, 4.69) is 24.5 Å². The Bertz CT molecular complexity index is 832. The second kappa shape index (κ2) is 8.44. The molecule has 0 saturated carbocycles. The van der Waals surface area contributed by atoms with Crippen LogP contribution in [-0.2, 0) is 0 Å². The van der Waals surface area contributed by atoms with E-state index in [1.165, 1.54) is 25.3 Å². The van der Waals surface area contributed by atoms with Gasteiger partial charge < -0.3 is 15.2 Å². The molecule has 0 aliphatic rings. The van der Waals surface area contributed by atoms with Gasteiger partial charge in [0.05, 0.1) is 18.4 Å². The second-order valence-corrected chi connectivity index (χ2v) is 6.31. The summed E-state index contributed by atoms with van der Waals surface area (Å²) in [6.07, 6.45) is 0. The molecule has 0 bridgehead atoms. The highest BCUT2D eigenvalue weighted by Crippen LogP contribution is 2.25. The number of benzene rings is 2. The lowest BCUT2D eigenvalue weighted by Gasteiger charge is -2.13. The van der Waals surface area contributed by atoms with Crippen LogP contribution in [0.1, 0.15) is 46.0 Å². The van der Waals surface area contributed by atoms with Crippen LogP contribution < -0.4 is 15.4 Å². The average Bonchev–Trinajstić information content (AvgIpc) is 2.61. The maximum Gasteiger partial charge on any atom is 0.335 e. The van der Waals surface area contributed by atoms with Gasteiger partial charge in [-0.2, -0.15) is 0 Å². The van der Waals surface area contributed by atoms with Crippen molar-refractivity contribution in [3.8, 4) is 5.75 Å². The van der Waals surface area contributed by atoms with Gasteiger partial charge in [0.2, 0.25) is 0 Å². The van der Waals surface area contributed by atoms with Crippen molar-refractivity contribution >= 4 is 34.9 Å². The molecule has 0 saturated heterocycles. The maximum absolute atomic E-state index is 12.3. The Hall–Kier alpha value is -2.93. The Labute approximate surface area is 157 Å². The van der Waals surface area contributed by atoms with E-state index in [0.29, 0.717) is 22.9 Å². The number of aromatic carboxylic acids is 1. The van der Waals surface area contributed by atoms with Gasteiger partial charge in [-0.3, -0.25) is 10.1 Å². The number of hydrogen-bond donors (Lipinski definition) is 3. The highest BCUT2D eigenvalue weighted by molar-refractivity contribution is 7.80. The van der Waals surface area contributed by atoms with Crippen LogP contribution in [0, 0.1) is 0 Å². The summed E-state index contributed by atoms with van der Waals surface area (Å²) < 4.78 is 5.18. The summed E-state index contributed by atoms with van der Waals surface area (Å²) in [5, 5.41) is 14.5. The molecule has 0 atom stereocenters. The van der Waals surface area contributed by atoms with E-state index in [1.807, 2.05) is 12.1 Å². The Morgan fingerprint density at radius 2 is 1.69 bits per heavy atom. The minimum absolute atomic E-state index is 0.0452. The SMILES string of the molecule is COc1ccc(C(=O)O)cc1NC(=S)NC(=O)c1ccc(C(C)C)cc1. The van der Waals surface area contributed by atoms with Gasteiger partial charge in [0, 0.05) is 5.56 Å². The van der Waals surface area contributed by atoms with Gasteiger partial charge in [0.15, 0.2) is 5.11 Å². The van der Waals surface area contributed by atoms with Crippen molar-refractivity contribution in [3.63, 3.8) is 0 Å². The molecule has 0 heterocycles. The van der Waals surface area contributed by atoms with Crippen molar-refractivity contribution in [3.05, 3.63) is 59.2 Å². The Morgan fingerprint density at radius 1 is 1.08 bits per heavy atom. The van der Waals surface area contributed by atoms with Gasteiger partial charge >= 0.3 is 5.97 Å². The van der Waals surface area contributed by atoms with Gasteiger partial charge in [-0.15, -0.1) is 0 Å². The number of carbonyl (C=O) groups is 2. The molecule has 7 heteroatoms. The number of methoxy groups -OCH3 is 1. The molecule has 26 heavy (non-hydrogen) atoms. The fourth-order valence-electron chi connectivity index (χ4n) is 2.29. The van der Waals surface area contributed by atoms with E-state index in [1.54, 1.807) is 12.1 Å². The third-order valence-electron chi connectivity index (χ3n) is 3.76. The van der Waals surface area contributed by atoms with Crippen LogP contribution in [-0.4, -0.2) is 29.2 Å². The van der Waals surface area contributed by atoms with Crippen LogP contribution in [0.4, 0.5) is 5.69 Å². The first-order valence-electron chi connectivity index (χ1n) is 7.95. The average molecular weight is 372 g/mol. The molecule has 0 aliphatic carbocycles. The van der Waals surface area contributed by atoms with Gasteiger partial charge in [0.1, 0.15) is 5.75 Å². The first kappa shape index (κ1) is 19.4. The van der Waals surface area contributed by atoms with Gasteiger partial charge in [-0.1, -0.05) is 26.0 Å². The lowest BCUT2D eigenvalue weighted by molar-refractivity contribution is 0.0696. The van der Waals surface area contributed by atoms with Crippen LogP contribution in [0.5, 0.6) is 5.75 Å². The number of carboxylic acid groups (broad SMARTS) is 1. The first-order chi connectivity index (χ1) is 12.3. The van der Waals surface area contributed by atoms with Crippen LogP contribution in [0.15, 0.2) is 42.5 Å². The standard InChI is InChI=1S/C19H20N2O4S/c1-11(2)12-4-6-13(7-5-12)17(22)21-19(26)20-15-10-14(18(23)24)8-9-16(15)25-3/h4-11H,1-3H3,(H,23,24)(H2,20,21,22,26). The number of anilines is 1. The maximum atomic E-state index is 12.3. The molecule has 0 spiro atoms. The van der Waals surface area contributed by atoms with E-state index in [0.717, 1.165) is 5.56 Å². The zero-order chi connectivity index (χ0) is 19.3. The van der Waals surface area contributed by atoms with Gasteiger partial charge in [-0.05, 0) is 54.0 Å². The largest absolute Gasteiger partial charge is 0.495 e. The summed E-state index contributed by atoms with van der Waals surface area (Å²) in [5.41, 5.74) is 2.04. The van der Waals surface area contributed by atoms with Crippen LogP contribution in [0.3, 0.4) is 0 Å². The monoisotopic (exact) mass is 372 g/mol. The highest BCUT2D eigenvalue weighted by Gasteiger charge is 2.13. The van der Waals surface area contributed by atoms with Crippen LogP contribution in [0.2, 0.25) is 0 Å². The normalized spacial score (nSPS) is 10.3.